The van der Waals surface area contributed by atoms with Crippen molar-refractivity contribution >= 4 is 11.8 Å². The maximum absolute atomic E-state index is 5.44. The summed E-state index contributed by atoms with van der Waals surface area (Å²) in [6.07, 6.45) is 2.41. The van der Waals surface area contributed by atoms with Gasteiger partial charge in [-0.3, -0.25) is 0 Å². The SMILES string of the molecule is COc1ccc(Sc2ccc(C)cc2)c(C2CCNCC2)c1. The minimum absolute atomic E-state index is 0.629. The smallest absolute Gasteiger partial charge is 0.119 e. The quantitative estimate of drug-likeness (QED) is 0.890. The highest BCUT2D eigenvalue weighted by Crippen LogP contribution is 2.39. The number of ether oxygens (including phenoxy) is 1. The van der Waals surface area contributed by atoms with E-state index in [1.165, 1.54) is 33.8 Å². The first-order valence-electron chi connectivity index (χ1n) is 7.89. The van der Waals surface area contributed by atoms with E-state index in [0.29, 0.717) is 5.92 Å². The molecule has 2 nitrogen and oxygen atoms in total. The second-order valence-corrected chi connectivity index (χ2v) is 6.96. The van der Waals surface area contributed by atoms with Crippen molar-refractivity contribution in [2.45, 2.75) is 35.5 Å². The minimum atomic E-state index is 0.629. The van der Waals surface area contributed by atoms with E-state index in [1.807, 2.05) is 11.8 Å². The molecule has 0 spiro atoms. The van der Waals surface area contributed by atoms with E-state index in [-0.39, 0.29) is 0 Å². The molecule has 0 amide bonds. The van der Waals surface area contributed by atoms with E-state index in [1.54, 1.807) is 7.11 Å². The molecule has 1 aliphatic rings. The van der Waals surface area contributed by atoms with Crippen LogP contribution in [-0.2, 0) is 0 Å². The first kappa shape index (κ1) is 15.4. The zero-order valence-electron chi connectivity index (χ0n) is 13.3. The molecule has 0 saturated carbocycles. The number of benzene rings is 2. The fraction of sp³-hybridized carbons (Fsp3) is 0.368. The van der Waals surface area contributed by atoms with E-state index in [9.17, 15) is 0 Å². The van der Waals surface area contributed by atoms with Gasteiger partial charge in [0.25, 0.3) is 0 Å². The Morgan fingerprint density at radius 1 is 1.05 bits per heavy atom. The monoisotopic (exact) mass is 313 g/mol. The molecule has 1 saturated heterocycles. The van der Waals surface area contributed by atoms with Crippen molar-refractivity contribution < 1.29 is 4.74 Å². The summed E-state index contributed by atoms with van der Waals surface area (Å²) in [6.45, 7) is 4.34. The van der Waals surface area contributed by atoms with E-state index in [0.717, 1.165) is 18.8 Å². The molecular formula is C19H23NOS. The third-order valence-electron chi connectivity index (χ3n) is 4.24. The molecular weight excluding hydrogens is 290 g/mol. The van der Waals surface area contributed by atoms with Gasteiger partial charge in [-0.1, -0.05) is 29.5 Å². The average molecular weight is 313 g/mol. The Kier molecular flexibility index (Phi) is 5.06. The number of piperidine rings is 1. The van der Waals surface area contributed by atoms with E-state index in [2.05, 4.69) is 54.7 Å². The summed E-state index contributed by atoms with van der Waals surface area (Å²) in [4.78, 5) is 2.66. The normalized spacial score (nSPS) is 15.7. The maximum atomic E-state index is 5.44. The van der Waals surface area contributed by atoms with Crippen LogP contribution in [0.25, 0.3) is 0 Å². The van der Waals surface area contributed by atoms with E-state index in [4.69, 9.17) is 4.74 Å². The van der Waals surface area contributed by atoms with Gasteiger partial charge in [-0.15, -0.1) is 0 Å². The van der Waals surface area contributed by atoms with Crippen LogP contribution in [0.15, 0.2) is 52.3 Å². The van der Waals surface area contributed by atoms with Gasteiger partial charge in [0.15, 0.2) is 0 Å². The zero-order chi connectivity index (χ0) is 15.4. The largest absolute Gasteiger partial charge is 0.497 e. The molecule has 0 aliphatic carbocycles. The van der Waals surface area contributed by atoms with Gasteiger partial charge in [0, 0.05) is 9.79 Å². The van der Waals surface area contributed by atoms with E-state index < -0.39 is 0 Å². The van der Waals surface area contributed by atoms with Gasteiger partial charge in [0.05, 0.1) is 7.11 Å². The number of nitrogens with one attached hydrogen (secondary N) is 1. The summed E-state index contributed by atoms with van der Waals surface area (Å²) in [5, 5.41) is 3.45. The number of rotatable bonds is 4. The number of hydrogen-bond acceptors (Lipinski definition) is 3. The standard InChI is InChI=1S/C19H23NOS/c1-14-3-6-17(7-4-14)22-19-8-5-16(21-2)13-18(19)15-9-11-20-12-10-15/h3-8,13,15,20H,9-12H2,1-2H3. The highest BCUT2D eigenvalue weighted by Gasteiger charge is 2.19. The lowest BCUT2D eigenvalue weighted by atomic mass is 9.90. The van der Waals surface area contributed by atoms with Crippen LogP contribution in [0.1, 0.15) is 29.9 Å². The van der Waals surface area contributed by atoms with Crippen molar-refractivity contribution in [2.24, 2.45) is 0 Å². The molecule has 1 N–H and O–H groups in total. The topological polar surface area (TPSA) is 21.3 Å². The first-order valence-corrected chi connectivity index (χ1v) is 8.71. The lowest BCUT2D eigenvalue weighted by Crippen LogP contribution is -2.26. The van der Waals surface area contributed by atoms with Crippen LogP contribution >= 0.6 is 11.8 Å². The Bertz CT molecular complexity index is 618. The molecule has 3 rings (SSSR count). The summed E-state index contributed by atoms with van der Waals surface area (Å²) >= 11 is 1.86. The summed E-state index contributed by atoms with van der Waals surface area (Å²) in [5.74, 6) is 1.59. The van der Waals surface area contributed by atoms with Crippen molar-refractivity contribution in [3.63, 3.8) is 0 Å². The molecule has 0 bridgehead atoms. The summed E-state index contributed by atoms with van der Waals surface area (Å²) in [7, 11) is 1.74. The molecule has 1 heterocycles. The molecule has 2 aromatic carbocycles. The van der Waals surface area contributed by atoms with Gasteiger partial charge in [-0.25, -0.2) is 0 Å². The lowest BCUT2D eigenvalue weighted by Gasteiger charge is -2.25. The van der Waals surface area contributed by atoms with Crippen LogP contribution in [0.5, 0.6) is 5.75 Å². The van der Waals surface area contributed by atoms with Crippen molar-refractivity contribution in [1.82, 2.24) is 5.32 Å². The van der Waals surface area contributed by atoms with Crippen LogP contribution < -0.4 is 10.1 Å². The van der Waals surface area contributed by atoms with Gasteiger partial charge in [-0.05, 0) is 74.7 Å². The van der Waals surface area contributed by atoms with E-state index >= 15 is 0 Å². The Hall–Kier alpha value is -1.45. The molecule has 3 heteroatoms. The highest BCUT2D eigenvalue weighted by atomic mass is 32.2. The van der Waals surface area contributed by atoms with Gasteiger partial charge >= 0.3 is 0 Å². The summed E-state index contributed by atoms with van der Waals surface area (Å²) in [5.41, 5.74) is 2.74. The predicted molar refractivity (Wildman–Crippen MR) is 93.1 cm³/mol. The second kappa shape index (κ2) is 7.21. The lowest BCUT2D eigenvalue weighted by molar-refractivity contribution is 0.410. The van der Waals surface area contributed by atoms with Gasteiger partial charge < -0.3 is 10.1 Å². The number of methoxy groups -OCH3 is 1. The van der Waals surface area contributed by atoms with Crippen molar-refractivity contribution in [3.05, 3.63) is 53.6 Å². The Labute approximate surface area is 137 Å². The van der Waals surface area contributed by atoms with Crippen molar-refractivity contribution in [1.29, 1.82) is 0 Å². The van der Waals surface area contributed by atoms with Gasteiger partial charge in [-0.2, -0.15) is 0 Å². The van der Waals surface area contributed by atoms with Crippen LogP contribution in [0.3, 0.4) is 0 Å². The number of hydrogen-bond donors (Lipinski definition) is 1. The minimum Gasteiger partial charge on any atom is -0.497 e. The summed E-state index contributed by atoms with van der Waals surface area (Å²) in [6, 6.07) is 15.3. The molecule has 0 atom stereocenters. The number of aryl methyl sites for hydroxylation is 1. The fourth-order valence-electron chi connectivity index (χ4n) is 2.93. The average Bonchev–Trinajstić information content (AvgIpc) is 2.58. The highest BCUT2D eigenvalue weighted by molar-refractivity contribution is 7.99. The second-order valence-electron chi connectivity index (χ2n) is 5.84. The molecule has 0 radical (unpaired) electrons. The summed E-state index contributed by atoms with van der Waals surface area (Å²) < 4.78 is 5.44. The van der Waals surface area contributed by atoms with Crippen molar-refractivity contribution in [2.75, 3.05) is 20.2 Å². The van der Waals surface area contributed by atoms with Crippen LogP contribution in [0.4, 0.5) is 0 Å². The first-order chi connectivity index (χ1) is 10.8. The molecule has 0 unspecified atom stereocenters. The predicted octanol–water partition coefficient (Wildman–Crippen LogP) is 4.62. The Balaban J connectivity index is 1.89. The molecule has 22 heavy (non-hydrogen) atoms. The Morgan fingerprint density at radius 2 is 1.77 bits per heavy atom. The third-order valence-corrected chi connectivity index (χ3v) is 5.34. The van der Waals surface area contributed by atoms with Crippen LogP contribution in [-0.4, -0.2) is 20.2 Å². The third kappa shape index (κ3) is 3.65. The zero-order valence-corrected chi connectivity index (χ0v) is 14.1. The maximum Gasteiger partial charge on any atom is 0.119 e. The molecule has 116 valence electrons. The molecule has 2 aromatic rings. The van der Waals surface area contributed by atoms with Gasteiger partial charge in [0.2, 0.25) is 0 Å². The molecule has 1 fully saturated rings. The molecule has 0 aromatic heterocycles. The van der Waals surface area contributed by atoms with Crippen LogP contribution in [0, 0.1) is 6.92 Å². The fourth-order valence-corrected chi connectivity index (χ4v) is 3.94. The Morgan fingerprint density at radius 3 is 2.45 bits per heavy atom. The van der Waals surface area contributed by atoms with Gasteiger partial charge in [0.1, 0.15) is 5.75 Å². The van der Waals surface area contributed by atoms with Crippen LogP contribution in [0.2, 0.25) is 0 Å². The molecule has 1 aliphatic heterocycles. The van der Waals surface area contributed by atoms with Crippen molar-refractivity contribution in [3.8, 4) is 5.75 Å².